The van der Waals surface area contributed by atoms with E-state index in [1.807, 2.05) is 6.92 Å². The normalized spacial score (nSPS) is 16.7. The van der Waals surface area contributed by atoms with Crippen molar-refractivity contribution in [3.05, 3.63) is 44.8 Å². The van der Waals surface area contributed by atoms with E-state index in [0.29, 0.717) is 27.3 Å². The zero-order valence-electron chi connectivity index (χ0n) is 17.1. The van der Waals surface area contributed by atoms with Crippen LogP contribution in [0, 0.1) is 12.8 Å². The monoisotopic (exact) mass is 435 g/mol. The average molecular weight is 436 g/mol. The van der Waals surface area contributed by atoms with Crippen molar-refractivity contribution in [2.75, 3.05) is 12.4 Å². The average Bonchev–Trinajstić information content (AvgIpc) is 3.06. The van der Waals surface area contributed by atoms with Crippen molar-refractivity contribution in [2.45, 2.75) is 52.6 Å². The van der Waals surface area contributed by atoms with Crippen LogP contribution >= 0.6 is 22.9 Å². The Kier molecular flexibility index (Phi) is 6.85. The van der Waals surface area contributed by atoms with Gasteiger partial charge in [0.25, 0.3) is 5.91 Å². The Morgan fingerprint density at radius 3 is 2.79 bits per heavy atom. The number of hydrogen-bond acceptors (Lipinski definition) is 5. The molecular formula is C22H26ClNO4S. The van der Waals surface area contributed by atoms with Crippen molar-refractivity contribution in [1.29, 1.82) is 0 Å². The molecule has 0 saturated heterocycles. The number of aryl methyl sites for hydroxylation is 1. The van der Waals surface area contributed by atoms with Gasteiger partial charge in [-0.2, -0.15) is 0 Å². The Morgan fingerprint density at radius 1 is 1.38 bits per heavy atom. The number of thiophene rings is 1. The van der Waals surface area contributed by atoms with E-state index >= 15 is 0 Å². The van der Waals surface area contributed by atoms with Crippen molar-refractivity contribution >= 4 is 39.8 Å². The van der Waals surface area contributed by atoms with Crippen LogP contribution in [0.1, 0.15) is 53.1 Å². The number of rotatable bonds is 6. The summed E-state index contributed by atoms with van der Waals surface area (Å²) in [6.45, 7) is 5.74. The Morgan fingerprint density at radius 2 is 2.14 bits per heavy atom. The van der Waals surface area contributed by atoms with Gasteiger partial charge in [0.1, 0.15) is 10.8 Å². The summed E-state index contributed by atoms with van der Waals surface area (Å²) in [5.74, 6) is 0.497. The zero-order valence-corrected chi connectivity index (χ0v) is 18.7. The molecule has 2 atom stereocenters. The predicted molar refractivity (Wildman–Crippen MR) is 116 cm³/mol. The smallest absolute Gasteiger partial charge is 0.341 e. The lowest BCUT2D eigenvalue weighted by molar-refractivity contribution is -0.122. The minimum absolute atomic E-state index is 0.310. The molecule has 0 saturated carbocycles. The highest BCUT2D eigenvalue weighted by Gasteiger charge is 2.30. The van der Waals surface area contributed by atoms with E-state index in [9.17, 15) is 9.59 Å². The number of methoxy groups -OCH3 is 1. The molecule has 2 aromatic rings. The Bertz CT molecular complexity index is 924. The first-order valence-corrected chi connectivity index (χ1v) is 11.0. The van der Waals surface area contributed by atoms with Gasteiger partial charge in [-0.1, -0.05) is 24.9 Å². The molecule has 0 radical (unpaired) electrons. The zero-order chi connectivity index (χ0) is 21.1. The van der Waals surface area contributed by atoms with Gasteiger partial charge in [0.15, 0.2) is 6.10 Å². The molecule has 29 heavy (non-hydrogen) atoms. The number of halogens is 1. The van der Waals surface area contributed by atoms with Gasteiger partial charge in [-0.25, -0.2) is 4.79 Å². The molecule has 1 aromatic heterocycles. The van der Waals surface area contributed by atoms with Gasteiger partial charge in [-0.15, -0.1) is 11.3 Å². The van der Waals surface area contributed by atoms with Gasteiger partial charge in [-0.3, -0.25) is 4.79 Å². The molecule has 156 valence electrons. The molecule has 7 heteroatoms. The van der Waals surface area contributed by atoms with Crippen molar-refractivity contribution in [3.63, 3.8) is 0 Å². The molecule has 0 bridgehead atoms. The molecule has 1 aliphatic rings. The number of amides is 1. The quantitative estimate of drug-likeness (QED) is 0.615. The van der Waals surface area contributed by atoms with Crippen LogP contribution in [0.15, 0.2) is 18.2 Å². The fourth-order valence-corrected chi connectivity index (χ4v) is 5.19. The SMILES string of the molecule is CC[C@@H]1CCc2c(sc(NC(=O)[C@H](C)Oc3ccc(Cl)cc3C)c2C(=O)OC)C1. The van der Waals surface area contributed by atoms with Crippen LogP contribution in [0.3, 0.4) is 0 Å². The van der Waals surface area contributed by atoms with Crippen LogP contribution < -0.4 is 10.1 Å². The fourth-order valence-electron chi connectivity index (χ4n) is 3.61. The van der Waals surface area contributed by atoms with Gasteiger partial charge in [0, 0.05) is 9.90 Å². The number of ether oxygens (including phenoxy) is 2. The van der Waals surface area contributed by atoms with E-state index in [1.54, 1.807) is 25.1 Å². The van der Waals surface area contributed by atoms with Crippen molar-refractivity contribution in [1.82, 2.24) is 0 Å². The topological polar surface area (TPSA) is 64.6 Å². The number of esters is 1. The van der Waals surface area contributed by atoms with Crippen LogP contribution in [0.25, 0.3) is 0 Å². The molecule has 1 aromatic carbocycles. The third-order valence-corrected chi connectivity index (χ3v) is 6.79. The first-order valence-electron chi connectivity index (χ1n) is 9.80. The summed E-state index contributed by atoms with van der Waals surface area (Å²) >= 11 is 7.45. The highest BCUT2D eigenvalue weighted by atomic mass is 35.5. The Hall–Kier alpha value is -2.05. The minimum atomic E-state index is -0.733. The number of carbonyl (C=O) groups excluding carboxylic acids is 2. The molecule has 1 amide bonds. The number of nitrogens with one attached hydrogen (secondary N) is 1. The summed E-state index contributed by atoms with van der Waals surface area (Å²) in [5.41, 5.74) is 2.36. The van der Waals surface area contributed by atoms with E-state index in [2.05, 4.69) is 12.2 Å². The molecule has 1 N–H and O–H groups in total. The maximum atomic E-state index is 12.8. The second-order valence-corrected chi connectivity index (χ2v) is 8.92. The molecule has 0 unspecified atom stereocenters. The summed E-state index contributed by atoms with van der Waals surface area (Å²) in [6.07, 6.45) is 3.20. The second kappa shape index (κ2) is 9.18. The summed E-state index contributed by atoms with van der Waals surface area (Å²) in [7, 11) is 1.37. The van der Waals surface area contributed by atoms with Crippen molar-refractivity contribution in [3.8, 4) is 5.75 Å². The van der Waals surface area contributed by atoms with E-state index in [1.165, 1.54) is 23.3 Å². The highest BCUT2D eigenvalue weighted by Crippen LogP contribution is 2.40. The second-order valence-electron chi connectivity index (χ2n) is 7.38. The number of hydrogen-bond donors (Lipinski definition) is 1. The number of benzene rings is 1. The Balaban J connectivity index is 1.80. The standard InChI is InChI=1S/C22H26ClNO4S/c1-5-14-6-8-16-18(11-14)29-21(19(16)22(26)27-4)24-20(25)13(3)28-17-9-7-15(23)10-12(17)2/h7,9-10,13-14H,5-6,8,11H2,1-4H3,(H,24,25)/t13-,14+/m0/s1. The molecule has 1 aliphatic carbocycles. The predicted octanol–water partition coefficient (Wildman–Crippen LogP) is 5.42. The van der Waals surface area contributed by atoms with Crippen LogP contribution in [-0.4, -0.2) is 25.1 Å². The summed E-state index contributed by atoms with van der Waals surface area (Å²) in [6, 6.07) is 5.26. The highest BCUT2D eigenvalue weighted by molar-refractivity contribution is 7.17. The molecule has 5 nitrogen and oxygen atoms in total. The maximum absolute atomic E-state index is 12.8. The van der Waals surface area contributed by atoms with E-state index < -0.39 is 12.1 Å². The Labute approximate surface area is 180 Å². The maximum Gasteiger partial charge on any atom is 0.341 e. The third kappa shape index (κ3) is 4.75. The lowest BCUT2D eigenvalue weighted by Crippen LogP contribution is -2.30. The van der Waals surface area contributed by atoms with Crippen molar-refractivity contribution in [2.24, 2.45) is 5.92 Å². The lowest BCUT2D eigenvalue weighted by Gasteiger charge is -2.20. The minimum Gasteiger partial charge on any atom is -0.481 e. The van der Waals surface area contributed by atoms with Crippen molar-refractivity contribution < 1.29 is 19.1 Å². The van der Waals surface area contributed by atoms with E-state index in [0.717, 1.165) is 36.8 Å². The summed E-state index contributed by atoms with van der Waals surface area (Å²) < 4.78 is 10.8. The first kappa shape index (κ1) is 21.7. The molecule has 3 rings (SSSR count). The lowest BCUT2D eigenvalue weighted by atomic mass is 9.85. The van der Waals surface area contributed by atoms with Gasteiger partial charge in [0.2, 0.25) is 0 Å². The van der Waals surface area contributed by atoms with Crippen LogP contribution in [-0.2, 0) is 22.4 Å². The van der Waals surface area contributed by atoms with Gasteiger partial charge < -0.3 is 14.8 Å². The number of carbonyl (C=O) groups is 2. The number of fused-ring (bicyclic) bond motifs is 1. The van der Waals surface area contributed by atoms with Gasteiger partial charge in [0.05, 0.1) is 12.7 Å². The molecule has 0 fully saturated rings. The van der Waals surface area contributed by atoms with Crippen LogP contribution in [0.4, 0.5) is 5.00 Å². The number of anilines is 1. The van der Waals surface area contributed by atoms with Gasteiger partial charge in [-0.05, 0) is 68.4 Å². The molecule has 1 heterocycles. The molecular weight excluding hydrogens is 410 g/mol. The van der Waals surface area contributed by atoms with Crippen LogP contribution in [0.2, 0.25) is 5.02 Å². The fraction of sp³-hybridized carbons (Fsp3) is 0.455. The third-order valence-electron chi connectivity index (χ3n) is 5.38. The molecule has 0 aliphatic heterocycles. The largest absolute Gasteiger partial charge is 0.481 e. The summed E-state index contributed by atoms with van der Waals surface area (Å²) in [5, 5.41) is 4.06. The van der Waals surface area contributed by atoms with E-state index in [4.69, 9.17) is 21.1 Å². The van der Waals surface area contributed by atoms with Crippen LogP contribution in [0.5, 0.6) is 5.75 Å². The summed E-state index contributed by atoms with van der Waals surface area (Å²) in [4.78, 5) is 26.4. The van der Waals surface area contributed by atoms with Gasteiger partial charge >= 0.3 is 5.97 Å². The van der Waals surface area contributed by atoms with E-state index in [-0.39, 0.29) is 5.91 Å². The molecule has 0 spiro atoms. The first-order chi connectivity index (χ1) is 13.8.